The Kier molecular flexibility index (Phi) is 2.06. The van der Waals surface area contributed by atoms with Crippen LogP contribution in [0.25, 0.3) is 0 Å². The number of cyclic esters (lactones) is 2. The van der Waals surface area contributed by atoms with Crippen LogP contribution in [0.3, 0.4) is 0 Å². The van der Waals surface area contributed by atoms with Gasteiger partial charge in [-0.05, 0) is 11.1 Å². The molecule has 0 spiro atoms. The van der Waals surface area contributed by atoms with E-state index in [1.807, 2.05) is 48.6 Å². The van der Waals surface area contributed by atoms with E-state index in [-0.39, 0.29) is 12.0 Å². The molecule has 22 heavy (non-hydrogen) atoms. The van der Waals surface area contributed by atoms with E-state index >= 15 is 0 Å². The highest BCUT2D eigenvalue weighted by Crippen LogP contribution is 2.48. The lowest BCUT2D eigenvalue weighted by molar-refractivity contribution is -0.151. The number of rotatable bonds is 0. The van der Waals surface area contributed by atoms with Crippen molar-refractivity contribution in [2.24, 2.45) is 5.92 Å². The van der Waals surface area contributed by atoms with Gasteiger partial charge in [-0.15, -0.1) is 0 Å². The third-order valence-electron chi connectivity index (χ3n) is 4.62. The topological polar surface area (TPSA) is 55.4 Å². The molecular formula is C18H11NO3. The Morgan fingerprint density at radius 3 is 2.50 bits per heavy atom. The molecule has 0 saturated heterocycles. The molecule has 0 fully saturated rings. The Labute approximate surface area is 126 Å². The maximum Gasteiger partial charge on any atom is 0.347 e. The average molecular weight is 289 g/mol. The molecular weight excluding hydrogens is 278 g/mol. The van der Waals surface area contributed by atoms with Crippen molar-refractivity contribution in [3.63, 3.8) is 0 Å². The molecule has 0 saturated carbocycles. The van der Waals surface area contributed by atoms with Crippen LogP contribution < -0.4 is 5.32 Å². The van der Waals surface area contributed by atoms with Crippen molar-refractivity contribution in [2.75, 3.05) is 0 Å². The SMILES string of the molecule is O=C1OC(=O)C2=C1C1=C3C=CC=CC3NC1=C1C=CC=CC12. The number of hydrogen-bond acceptors (Lipinski definition) is 4. The molecule has 0 radical (unpaired) electrons. The van der Waals surface area contributed by atoms with Crippen LogP contribution in [0.4, 0.5) is 0 Å². The molecule has 0 aromatic carbocycles. The Balaban J connectivity index is 1.86. The molecule has 0 aromatic rings. The Bertz CT molecular complexity index is 874. The van der Waals surface area contributed by atoms with E-state index in [9.17, 15) is 9.59 Å². The van der Waals surface area contributed by atoms with Gasteiger partial charge in [-0.1, -0.05) is 48.6 Å². The number of esters is 2. The fourth-order valence-corrected chi connectivity index (χ4v) is 3.73. The fraction of sp³-hybridized carbons (Fsp3) is 0.111. The maximum atomic E-state index is 12.2. The second kappa shape index (κ2) is 3.85. The van der Waals surface area contributed by atoms with Gasteiger partial charge in [-0.2, -0.15) is 0 Å². The van der Waals surface area contributed by atoms with Gasteiger partial charge in [0, 0.05) is 17.2 Å². The van der Waals surface area contributed by atoms with Gasteiger partial charge in [-0.25, -0.2) is 9.59 Å². The van der Waals surface area contributed by atoms with Crippen molar-refractivity contribution >= 4 is 11.9 Å². The summed E-state index contributed by atoms with van der Waals surface area (Å²) in [4.78, 5) is 24.4. The van der Waals surface area contributed by atoms with Crippen molar-refractivity contribution in [1.82, 2.24) is 5.32 Å². The van der Waals surface area contributed by atoms with Crippen LogP contribution in [0.2, 0.25) is 0 Å². The van der Waals surface area contributed by atoms with Crippen LogP contribution in [-0.2, 0) is 14.3 Å². The van der Waals surface area contributed by atoms with Crippen LogP contribution >= 0.6 is 0 Å². The highest BCUT2D eigenvalue weighted by Gasteiger charge is 2.48. The summed E-state index contributed by atoms with van der Waals surface area (Å²) in [5, 5.41) is 3.47. The normalized spacial score (nSPS) is 30.4. The summed E-state index contributed by atoms with van der Waals surface area (Å²) < 4.78 is 4.90. The molecule has 5 aliphatic rings. The molecule has 0 amide bonds. The lowest BCUT2D eigenvalue weighted by Crippen LogP contribution is -2.26. The largest absolute Gasteiger partial charge is 0.386 e. The first kappa shape index (κ1) is 11.7. The monoisotopic (exact) mass is 289 g/mol. The van der Waals surface area contributed by atoms with Gasteiger partial charge in [0.25, 0.3) is 0 Å². The van der Waals surface area contributed by atoms with Gasteiger partial charge in [0.15, 0.2) is 0 Å². The van der Waals surface area contributed by atoms with Crippen LogP contribution in [-0.4, -0.2) is 18.0 Å². The van der Waals surface area contributed by atoms with Gasteiger partial charge >= 0.3 is 11.9 Å². The number of nitrogens with one attached hydrogen (secondary N) is 1. The van der Waals surface area contributed by atoms with Gasteiger partial charge in [0.1, 0.15) is 0 Å². The molecule has 3 aliphatic carbocycles. The first-order valence-electron chi connectivity index (χ1n) is 7.22. The van der Waals surface area contributed by atoms with E-state index in [1.54, 1.807) is 0 Å². The summed E-state index contributed by atoms with van der Waals surface area (Å²) >= 11 is 0. The zero-order chi connectivity index (χ0) is 14.8. The summed E-state index contributed by atoms with van der Waals surface area (Å²) in [5.41, 5.74) is 4.70. The molecule has 2 atom stereocenters. The van der Waals surface area contributed by atoms with E-state index in [0.29, 0.717) is 11.1 Å². The minimum atomic E-state index is -0.535. The Morgan fingerprint density at radius 1 is 0.864 bits per heavy atom. The summed E-state index contributed by atoms with van der Waals surface area (Å²) in [6.45, 7) is 0. The lowest BCUT2D eigenvalue weighted by atomic mass is 9.76. The predicted octanol–water partition coefficient (Wildman–Crippen LogP) is 1.77. The Hall–Kier alpha value is -2.88. The number of fused-ring (bicyclic) bond motifs is 5. The number of hydrogen-bond donors (Lipinski definition) is 1. The molecule has 4 nitrogen and oxygen atoms in total. The highest BCUT2D eigenvalue weighted by atomic mass is 16.6. The number of carbonyl (C=O) groups excluding carboxylic acids is 2. The minimum absolute atomic E-state index is 0.0396. The van der Waals surface area contributed by atoms with Crippen molar-refractivity contribution < 1.29 is 14.3 Å². The van der Waals surface area contributed by atoms with Crippen molar-refractivity contribution in [3.8, 4) is 0 Å². The van der Waals surface area contributed by atoms with Crippen molar-refractivity contribution in [3.05, 3.63) is 82.2 Å². The van der Waals surface area contributed by atoms with Crippen molar-refractivity contribution in [2.45, 2.75) is 6.04 Å². The van der Waals surface area contributed by atoms with Gasteiger partial charge < -0.3 is 10.1 Å². The third-order valence-corrected chi connectivity index (χ3v) is 4.62. The van der Waals surface area contributed by atoms with E-state index in [1.165, 1.54) is 0 Å². The molecule has 5 rings (SSSR count). The second-order valence-electron chi connectivity index (χ2n) is 5.71. The number of carbonyl (C=O) groups is 2. The minimum Gasteiger partial charge on any atom is -0.386 e. The third kappa shape index (κ3) is 1.27. The van der Waals surface area contributed by atoms with Gasteiger partial charge in [0.2, 0.25) is 0 Å². The molecule has 0 aromatic heterocycles. The molecule has 2 aliphatic heterocycles. The highest BCUT2D eigenvalue weighted by molar-refractivity contribution is 6.17. The van der Waals surface area contributed by atoms with E-state index in [4.69, 9.17) is 4.74 Å². The van der Waals surface area contributed by atoms with E-state index < -0.39 is 11.9 Å². The zero-order valence-electron chi connectivity index (χ0n) is 11.5. The summed E-state index contributed by atoms with van der Waals surface area (Å²) in [6.07, 6.45) is 15.7. The first-order valence-corrected chi connectivity index (χ1v) is 7.22. The quantitative estimate of drug-likeness (QED) is 0.545. The summed E-state index contributed by atoms with van der Waals surface area (Å²) in [5.74, 6) is -1.26. The summed E-state index contributed by atoms with van der Waals surface area (Å²) in [7, 11) is 0. The predicted molar refractivity (Wildman–Crippen MR) is 79.2 cm³/mol. The molecule has 2 unspecified atom stereocenters. The van der Waals surface area contributed by atoms with E-state index in [0.717, 1.165) is 22.4 Å². The molecule has 0 bridgehead atoms. The molecule has 1 N–H and O–H groups in total. The van der Waals surface area contributed by atoms with Gasteiger partial charge in [-0.3, -0.25) is 0 Å². The van der Waals surface area contributed by atoms with Crippen LogP contribution in [0.5, 0.6) is 0 Å². The standard InChI is InChI=1S/C18H11NO3/c20-17-14-9-5-1-2-6-10(9)16-13(15(14)18(21)22-17)11-7-3-4-8-12(11)19-16/h1-9,12,19H. The van der Waals surface area contributed by atoms with Gasteiger partial charge in [0.05, 0.1) is 17.2 Å². The maximum absolute atomic E-state index is 12.2. The fourth-order valence-electron chi connectivity index (χ4n) is 3.73. The molecule has 4 heteroatoms. The average Bonchev–Trinajstić information content (AvgIpc) is 3.05. The number of allylic oxidation sites excluding steroid dienone is 8. The molecule has 106 valence electrons. The lowest BCUT2D eigenvalue weighted by Gasteiger charge is -2.25. The smallest absolute Gasteiger partial charge is 0.347 e. The second-order valence-corrected chi connectivity index (χ2v) is 5.71. The van der Waals surface area contributed by atoms with Crippen LogP contribution in [0, 0.1) is 5.92 Å². The Morgan fingerprint density at radius 2 is 1.64 bits per heavy atom. The van der Waals surface area contributed by atoms with E-state index in [2.05, 4.69) is 5.32 Å². The number of ether oxygens (including phenoxy) is 1. The summed E-state index contributed by atoms with van der Waals surface area (Å²) in [6, 6.07) is 0.0396. The first-order chi connectivity index (χ1) is 10.8. The van der Waals surface area contributed by atoms with Crippen LogP contribution in [0.15, 0.2) is 82.2 Å². The zero-order valence-corrected chi connectivity index (χ0v) is 11.5. The van der Waals surface area contributed by atoms with Crippen LogP contribution in [0.1, 0.15) is 0 Å². The van der Waals surface area contributed by atoms with Crippen molar-refractivity contribution in [1.29, 1.82) is 0 Å². The molecule has 2 heterocycles.